The molecule has 5 nitrogen and oxygen atoms in total. The predicted molar refractivity (Wildman–Crippen MR) is 109 cm³/mol. The van der Waals surface area contributed by atoms with Gasteiger partial charge < -0.3 is 10.2 Å². The minimum absolute atomic E-state index is 0. The van der Waals surface area contributed by atoms with Gasteiger partial charge in [0.2, 0.25) is 0 Å². The second-order valence-electron chi connectivity index (χ2n) is 7.34. The maximum atomic E-state index is 12.6. The molecule has 144 valence electrons. The Labute approximate surface area is 162 Å². The van der Waals surface area contributed by atoms with Gasteiger partial charge in [0, 0.05) is 19.0 Å². The number of piperidine rings is 1. The van der Waals surface area contributed by atoms with Crippen LogP contribution in [-0.2, 0) is 7.05 Å². The maximum Gasteiger partial charge on any atom is 0.272 e. The van der Waals surface area contributed by atoms with Crippen LogP contribution in [0.3, 0.4) is 0 Å². The van der Waals surface area contributed by atoms with Crippen molar-refractivity contribution in [3.8, 4) is 0 Å². The molecule has 0 atom stereocenters. The molecule has 0 aliphatic carbocycles. The largest absolute Gasteiger partial charge is 0.350 e. The van der Waals surface area contributed by atoms with Crippen molar-refractivity contribution >= 4 is 29.2 Å². The average molecular weight is 379 g/mol. The van der Waals surface area contributed by atoms with Crippen LogP contribution in [0.5, 0.6) is 0 Å². The van der Waals surface area contributed by atoms with Crippen LogP contribution in [0.1, 0.15) is 48.7 Å². The molecule has 0 bridgehead atoms. The van der Waals surface area contributed by atoms with E-state index in [1.165, 1.54) is 32.2 Å². The van der Waals surface area contributed by atoms with Crippen molar-refractivity contribution in [1.82, 2.24) is 20.0 Å². The molecule has 1 amide bonds. The number of nitrogens with one attached hydrogen (secondary N) is 1. The van der Waals surface area contributed by atoms with Gasteiger partial charge in [-0.3, -0.25) is 9.48 Å². The first-order chi connectivity index (χ1) is 12.1. The Morgan fingerprint density at radius 2 is 2.04 bits per heavy atom. The van der Waals surface area contributed by atoms with Crippen molar-refractivity contribution in [2.45, 2.75) is 39.5 Å². The highest BCUT2D eigenvalue weighted by molar-refractivity contribution is 6.05. The van der Waals surface area contributed by atoms with Crippen molar-refractivity contribution in [3.63, 3.8) is 0 Å². The third kappa shape index (κ3) is 4.77. The van der Waals surface area contributed by atoms with E-state index in [2.05, 4.69) is 28.3 Å². The number of nitrogens with zero attached hydrogens (tertiary/aromatic N) is 3. The summed E-state index contributed by atoms with van der Waals surface area (Å²) in [5, 5.41) is 8.49. The number of hydrogen-bond donors (Lipinski definition) is 1. The SMILES string of the molecule is CCCCN1CCC(CNC(=O)c2nn(C)c3ccc(C)cc23)CC1.Cl. The van der Waals surface area contributed by atoms with E-state index in [1.54, 1.807) is 4.68 Å². The molecule has 0 spiro atoms. The zero-order valence-corrected chi connectivity index (χ0v) is 16.9. The molecule has 3 rings (SSSR count). The number of benzene rings is 1. The second kappa shape index (κ2) is 9.38. The Hall–Kier alpha value is -1.59. The normalized spacial score (nSPS) is 15.8. The van der Waals surface area contributed by atoms with E-state index in [-0.39, 0.29) is 18.3 Å². The van der Waals surface area contributed by atoms with E-state index in [0.717, 1.165) is 36.1 Å². The quantitative estimate of drug-likeness (QED) is 0.836. The monoisotopic (exact) mass is 378 g/mol. The molecule has 0 unspecified atom stereocenters. The molecule has 1 aromatic carbocycles. The van der Waals surface area contributed by atoms with E-state index in [4.69, 9.17) is 0 Å². The maximum absolute atomic E-state index is 12.6. The van der Waals surface area contributed by atoms with Gasteiger partial charge in [-0.1, -0.05) is 25.0 Å². The van der Waals surface area contributed by atoms with Gasteiger partial charge in [-0.2, -0.15) is 5.10 Å². The highest BCUT2D eigenvalue weighted by Crippen LogP contribution is 2.20. The Balaban J connectivity index is 0.00000243. The van der Waals surface area contributed by atoms with E-state index >= 15 is 0 Å². The molecule has 1 aromatic heterocycles. The highest BCUT2D eigenvalue weighted by Gasteiger charge is 2.21. The van der Waals surface area contributed by atoms with Crippen LogP contribution in [-0.4, -0.2) is 46.8 Å². The fraction of sp³-hybridized carbons (Fsp3) is 0.600. The molecule has 6 heteroatoms. The summed E-state index contributed by atoms with van der Waals surface area (Å²) in [5.74, 6) is 0.531. The third-order valence-electron chi connectivity index (χ3n) is 5.31. The van der Waals surface area contributed by atoms with Crippen molar-refractivity contribution in [1.29, 1.82) is 0 Å². The van der Waals surface area contributed by atoms with Crippen molar-refractivity contribution in [2.75, 3.05) is 26.2 Å². The number of halogens is 1. The first kappa shape index (κ1) is 20.7. The number of hydrogen-bond acceptors (Lipinski definition) is 3. The van der Waals surface area contributed by atoms with Gasteiger partial charge in [0.1, 0.15) is 0 Å². The third-order valence-corrected chi connectivity index (χ3v) is 5.31. The van der Waals surface area contributed by atoms with Crippen LogP contribution in [0.2, 0.25) is 0 Å². The molecule has 0 radical (unpaired) electrons. The summed E-state index contributed by atoms with van der Waals surface area (Å²) in [6.07, 6.45) is 4.89. The molecule has 2 aromatic rings. The predicted octanol–water partition coefficient (Wildman–Crippen LogP) is 3.55. The molecular weight excluding hydrogens is 348 g/mol. The lowest BCUT2D eigenvalue weighted by atomic mass is 9.96. The topological polar surface area (TPSA) is 50.2 Å². The molecule has 1 N–H and O–H groups in total. The Morgan fingerprint density at radius 1 is 1.31 bits per heavy atom. The number of aromatic nitrogens is 2. The number of carbonyl (C=O) groups is 1. The number of aryl methyl sites for hydroxylation is 2. The summed E-state index contributed by atoms with van der Waals surface area (Å²) in [6.45, 7) is 8.57. The molecular formula is C20H31ClN4O. The number of rotatable bonds is 6. The van der Waals surface area contributed by atoms with Crippen molar-refractivity contribution in [2.24, 2.45) is 13.0 Å². The van der Waals surface area contributed by atoms with Crippen molar-refractivity contribution < 1.29 is 4.79 Å². The summed E-state index contributed by atoms with van der Waals surface area (Å²) in [6, 6.07) is 6.13. The summed E-state index contributed by atoms with van der Waals surface area (Å²) >= 11 is 0. The Kier molecular flexibility index (Phi) is 7.47. The summed E-state index contributed by atoms with van der Waals surface area (Å²) in [7, 11) is 1.89. The van der Waals surface area contributed by atoms with Gasteiger partial charge in [-0.15, -0.1) is 12.4 Å². The van der Waals surface area contributed by atoms with E-state index in [0.29, 0.717) is 11.6 Å². The lowest BCUT2D eigenvalue weighted by molar-refractivity contribution is 0.0932. The molecule has 1 fully saturated rings. The van der Waals surface area contributed by atoms with Crippen LogP contribution in [0.15, 0.2) is 18.2 Å². The highest BCUT2D eigenvalue weighted by atomic mass is 35.5. The summed E-state index contributed by atoms with van der Waals surface area (Å²) in [4.78, 5) is 15.2. The van der Waals surface area contributed by atoms with E-state index in [1.807, 2.05) is 26.1 Å². The molecule has 0 saturated carbocycles. The van der Waals surface area contributed by atoms with Gasteiger partial charge >= 0.3 is 0 Å². The van der Waals surface area contributed by atoms with Gasteiger partial charge in [-0.05, 0) is 63.9 Å². The van der Waals surface area contributed by atoms with E-state index < -0.39 is 0 Å². The summed E-state index contributed by atoms with van der Waals surface area (Å²) < 4.78 is 1.79. The molecule has 26 heavy (non-hydrogen) atoms. The van der Waals surface area contributed by atoms with E-state index in [9.17, 15) is 4.79 Å². The average Bonchev–Trinajstić information content (AvgIpc) is 2.95. The standard InChI is InChI=1S/C20H30N4O.ClH/c1-4-5-10-24-11-8-16(9-12-24)14-21-20(25)19-17-13-15(2)6-7-18(17)23(3)22-19;/h6-7,13,16H,4-5,8-12,14H2,1-3H3,(H,21,25);1H. The lowest BCUT2D eigenvalue weighted by Crippen LogP contribution is -2.39. The fourth-order valence-electron chi connectivity index (χ4n) is 3.66. The van der Waals surface area contributed by atoms with Crippen molar-refractivity contribution in [3.05, 3.63) is 29.5 Å². The Bertz CT molecular complexity index is 735. The summed E-state index contributed by atoms with van der Waals surface area (Å²) in [5.41, 5.74) is 2.69. The fourth-order valence-corrected chi connectivity index (χ4v) is 3.66. The molecule has 1 aliphatic rings. The van der Waals surface area contributed by atoms with Gasteiger partial charge in [0.15, 0.2) is 5.69 Å². The second-order valence-corrected chi connectivity index (χ2v) is 7.34. The van der Waals surface area contributed by atoms with Crippen LogP contribution in [0.4, 0.5) is 0 Å². The van der Waals surface area contributed by atoms with Crippen LogP contribution in [0, 0.1) is 12.8 Å². The van der Waals surface area contributed by atoms with Crippen LogP contribution < -0.4 is 5.32 Å². The molecule has 1 saturated heterocycles. The lowest BCUT2D eigenvalue weighted by Gasteiger charge is -2.31. The number of amides is 1. The number of fused-ring (bicyclic) bond motifs is 1. The van der Waals surface area contributed by atoms with Crippen LogP contribution >= 0.6 is 12.4 Å². The first-order valence-corrected chi connectivity index (χ1v) is 9.52. The number of carbonyl (C=O) groups excluding carboxylic acids is 1. The van der Waals surface area contributed by atoms with Crippen LogP contribution in [0.25, 0.3) is 10.9 Å². The Morgan fingerprint density at radius 3 is 2.73 bits per heavy atom. The minimum atomic E-state index is -0.0513. The molecule has 1 aliphatic heterocycles. The molecule has 2 heterocycles. The van der Waals surface area contributed by atoms with Gasteiger partial charge in [-0.25, -0.2) is 0 Å². The zero-order valence-electron chi connectivity index (χ0n) is 16.1. The zero-order chi connectivity index (χ0) is 17.8. The number of unbranched alkanes of at least 4 members (excludes halogenated alkanes) is 1. The first-order valence-electron chi connectivity index (χ1n) is 9.52. The van der Waals surface area contributed by atoms with Gasteiger partial charge in [0.05, 0.1) is 5.52 Å². The number of likely N-dealkylation sites (tertiary alicyclic amines) is 1. The smallest absolute Gasteiger partial charge is 0.272 e. The minimum Gasteiger partial charge on any atom is -0.350 e. The van der Waals surface area contributed by atoms with Gasteiger partial charge in [0.25, 0.3) is 5.91 Å².